The SMILES string of the molecule is OC[C@@H]1OC(c2ccccc2)O[C@H]1[C@@H]1OC(c2ccccc2)O[C@@H]1CO. The van der Waals surface area contributed by atoms with Gasteiger partial charge in [0.2, 0.25) is 0 Å². The van der Waals surface area contributed by atoms with Gasteiger partial charge in [0.25, 0.3) is 0 Å². The minimum Gasteiger partial charge on any atom is -0.394 e. The molecule has 0 spiro atoms. The molecule has 0 radical (unpaired) electrons. The van der Waals surface area contributed by atoms with Crippen LogP contribution in [0.25, 0.3) is 0 Å². The van der Waals surface area contributed by atoms with Crippen molar-refractivity contribution < 1.29 is 29.2 Å². The van der Waals surface area contributed by atoms with E-state index in [1.807, 2.05) is 60.7 Å². The lowest BCUT2D eigenvalue weighted by Gasteiger charge is -2.23. The molecule has 138 valence electrons. The third-order valence-electron chi connectivity index (χ3n) is 4.72. The van der Waals surface area contributed by atoms with E-state index in [1.54, 1.807) is 0 Å². The quantitative estimate of drug-likeness (QED) is 0.851. The molecule has 6 heteroatoms. The van der Waals surface area contributed by atoms with Crippen LogP contribution < -0.4 is 0 Å². The molecule has 2 saturated heterocycles. The smallest absolute Gasteiger partial charge is 0.184 e. The molecule has 0 aromatic heterocycles. The first-order valence-corrected chi connectivity index (χ1v) is 8.73. The topological polar surface area (TPSA) is 77.4 Å². The first kappa shape index (κ1) is 17.6. The van der Waals surface area contributed by atoms with E-state index >= 15 is 0 Å². The molecule has 0 aliphatic carbocycles. The highest BCUT2D eigenvalue weighted by atomic mass is 16.8. The van der Waals surface area contributed by atoms with Gasteiger partial charge in [-0.2, -0.15) is 0 Å². The Morgan fingerprint density at radius 3 is 1.31 bits per heavy atom. The van der Waals surface area contributed by atoms with Crippen LogP contribution in [0.1, 0.15) is 23.7 Å². The average molecular weight is 358 g/mol. The summed E-state index contributed by atoms with van der Waals surface area (Å²) >= 11 is 0. The van der Waals surface area contributed by atoms with Crippen LogP contribution in [0.2, 0.25) is 0 Å². The molecule has 2 fully saturated rings. The van der Waals surface area contributed by atoms with Gasteiger partial charge in [0.05, 0.1) is 13.2 Å². The Bertz CT molecular complexity index is 632. The third-order valence-corrected chi connectivity index (χ3v) is 4.72. The summed E-state index contributed by atoms with van der Waals surface area (Å²) in [5.74, 6) is 0. The van der Waals surface area contributed by atoms with Gasteiger partial charge in [-0.25, -0.2) is 0 Å². The Morgan fingerprint density at radius 2 is 0.962 bits per heavy atom. The van der Waals surface area contributed by atoms with Crippen molar-refractivity contribution in [2.24, 2.45) is 0 Å². The molecular weight excluding hydrogens is 336 g/mol. The Labute approximate surface area is 151 Å². The Hall–Kier alpha value is -1.80. The molecule has 0 bridgehead atoms. The minimum absolute atomic E-state index is 0.206. The number of benzene rings is 2. The van der Waals surface area contributed by atoms with Gasteiger partial charge in [0, 0.05) is 11.1 Å². The highest BCUT2D eigenvalue weighted by molar-refractivity contribution is 5.18. The summed E-state index contributed by atoms with van der Waals surface area (Å²) in [6.07, 6.45) is -3.38. The Morgan fingerprint density at radius 1 is 0.577 bits per heavy atom. The molecule has 2 aromatic rings. The maximum atomic E-state index is 9.74. The molecule has 6 nitrogen and oxygen atoms in total. The van der Waals surface area contributed by atoms with E-state index in [0.717, 1.165) is 11.1 Å². The summed E-state index contributed by atoms with van der Waals surface area (Å²) < 4.78 is 23.8. The van der Waals surface area contributed by atoms with Gasteiger partial charge in [0.15, 0.2) is 12.6 Å². The number of hydrogen-bond donors (Lipinski definition) is 2. The first-order chi connectivity index (χ1) is 12.8. The molecule has 2 N–H and O–H groups in total. The van der Waals surface area contributed by atoms with E-state index < -0.39 is 37.0 Å². The summed E-state index contributed by atoms with van der Waals surface area (Å²) in [6.45, 7) is -0.413. The van der Waals surface area contributed by atoms with Crippen LogP contribution in [0, 0.1) is 0 Å². The summed E-state index contributed by atoms with van der Waals surface area (Å²) in [7, 11) is 0. The molecule has 26 heavy (non-hydrogen) atoms. The fourth-order valence-corrected chi connectivity index (χ4v) is 3.40. The first-order valence-electron chi connectivity index (χ1n) is 8.73. The van der Waals surface area contributed by atoms with Crippen molar-refractivity contribution in [2.75, 3.05) is 13.2 Å². The zero-order valence-electron chi connectivity index (χ0n) is 14.2. The summed E-state index contributed by atoms with van der Waals surface area (Å²) in [5.41, 5.74) is 1.74. The van der Waals surface area contributed by atoms with Gasteiger partial charge in [-0.05, 0) is 0 Å². The molecule has 0 amide bonds. The fourth-order valence-electron chi connectivity index (χ4n) is 3.40. The maximum absolute atomic E-state index is 9.74. The van der Waals surface area contributed by atoms with E-state index in [0.29, 0.717) is 0 Å². The van der Waals surface area contributed by atoms with Crippen molar-refractivity contribution in [3.8, 4) is 0 Å². The van der Waals surface area contributed by atoms with Crippen molar-refractivity contribution in [1.82, 2.24) is 0 Å². The second-order valence-corrected chi connectivity index (χ2v) is 6.40. The zero-order chi connectivity index (χ0) is 17.9. The lowest BCUT2D eigenvalue weighted by molar-refractivity contribution is -0.107. The van der Waals surface area contributed by atoms with Crippen molar-refractivity contribution in [3.63, 3.8) is 0 Å². The second kappa shape index (κ2) is 7.84. The molecule has 2 aromatic carbocycles. The molecule has 2 aliphatic heterocycles. The van der Waals surface area contributed by atoms with Crippen LogP contribution in [0.3, 0.4) is 0 Å². The van der Waals surface area contributed by atoms with Crippen LogP contribution in [0.15, 0.2) is 60.7 Å². The number of aliphatic hydroxyl groups is 2. The highest BCUT2D eigenvalue weighted by Gasteiger charge is 2.49. The van der Waals surface area contributed by atoms with E-state index in [4.69, 9.17) is 18.9 Å². The van der Waals surface area contributed by atoms with Crippen LogP contribution in [-0.4, -0.2) is 47.8 Å². The second-order valence-electron chi connectivity index (χ2n) is 6.40. The lowest BCUT2D eigenvalue weighted by Crippen LogP contribution is -2.44. The Balaban J connectivity index is 1.53. The molecule has 4 rings (SSSR count). The predicted octanol–water partition coefficient (Wildman–Crippen LogP) is 1.94. The van der Waals surface area contributed by atoms with Crippen molar-refractivity contribution >= 4 is 0 Å². The van der Waals surface area contributed by atoms with Gasteiger partial charge in [-0.15, -0.1) is 0 Å². The van der Waals surface area contributed by atoms with Gasteiger partial charge in [-0.3, -0.25) is 0 Å². The minimum atomic E-state index is -0.586. The molecule has 0 saturated carbocycles. The normalized spacial score (nSPS) is 34.2. The van der Waals surface area contributed by atoms with Crippen molar-refractivity contribution in [3.05, 3.63) is 71.8 Å². The van der Waals surface area contributed by atoms with Gasteiger partial charge in [-0.1, -0.05) is 60.7 Å². The molecular formula is C20H22O6. The average Bonchev–Trinajstić information content (AvgIpc) is 3.33. The summed E-state index contributed by atoms with van der Waals surface area (Å²) in [5, 5.41) is 19.5. The van der Waals surface area contributed by atoms with Crippen LogP contribution >= 0.6 is 0 Å². The largest absolute Gasteiger partial charge is 0.394 e. The predicted molar refractivity (Wildman–Crippen MR) is 92.0 cm³/mol. The molecule has 2 unspecified atom stereocenters. The van der Waals surface area contributed by atoms with Crippen LogP contribution in [-0.2, 0) is 18.9 Å². The molecule has 2 aliphatic rings. The van der Waals surface area contributed by atoms with Crippen LogP contribution in [0.4, 0.5) is 0 Å². The van der Waals surface area contributed by atoms with Gasteiger partial charge < -0.3 is 29.2 Å². The van der Waals surface area contributed by atoms with Crippen LogP contribution in [0.5, 0.6) is 0 Å². The van der Waals surface area contributed by atoms with Gasteiger partial charge >= 0.3 is 0 Å². The monoisotopic (exact) mass is 358 g/mol. The standard InChI is InChI=1S/C20H22O6/c21-11-15-17(25-19(23-15)13-7-3-1-4-8-13)18-16(12-22)24-20(26-18)14-9-5-2-6-10-14/h1-10,15-22H,11-12H2/t15-,16+,17-,18-,19?,20?/m1/s1. The number of aliphatic hydroxyl groups excluding tert-OH is 2. The van der Waals surface area contributed by atoms with Crippen molar-refractivity contribution in [1.29, 1.82) is 0 Å². The lowest BCUT2D eigenvalue weighted by atomic mass is 10.0. The van der Waals surface area contributed by atoms with Gasteiger partial charge in [0.1, 0.15) is 24.4 Å². The highest BCUT2D eigenvalue weighted by Crippen LogP contribution is 2.40. The van der Waals surface area contributed by atoms with E-state index in [9.17, 15) is 10.2 Å². The van der Waals surface area contributed by atoms with Crippen molar-refractivity contribution in [2.45, 2.75) is 37.0 Å². The zero-order valence-corrected chi connectivity index (χ0v) is 14.2. The summed E-state index contributed by atoms with van der Waals surface area (Å²) in [4.78, 5) is 0. The molecule has 6 atom stereocenters. The van der Waals surface area contributed by atoms with E-state index in [1.165, 1.54) is 0 Å². The maximum Gasteiger partial charge on any atom is 0.184 e. The summed E-state index contributed by atoms with van der Waals surface area (Å²) in [6, 6.07) is 19.1. The van der Waals surface area contributed by atoms with E-state index in [-0.39, 0.29) is 13.2 Å². The fraction of sp³-hybridized carbons (Fsp3) is 0.400. The number of rotatable bonds is 5. The number of hydrogen-bond acceptors (Lipinski definition) is 6. The Kier molecular flexibility index (Phi) is 5.31. The molecule has 2 heterocycles. The van der Waals surface area contributed by atoms with E-state index in [2.05, 4.69) is 0 Å². The number of ether oxygens (including phenoxy) is 4. The third kappa shape index (κ3) is 3.40.